The maximum Gasteiger partial charge on any atom is 0.285 e. The second kappa shape index (κ2) is 13.9. The van der Waals surface area contributed by atoms with Gasteiger partial charge in [0.1, 0.15) is 22.7 Å². The molecule has 12 aromatic rings. The Balaban J connectivity index is 1.09. The van der Waals surface area contributed by atoms with E-state index in [1.165, 1.54) is 31.5 Å². The molecule has 0 bridgehead atoms. The molecule has 5 nitrogen and oxygen atoms in total. The molecule has 2 aliphatic heterocycles. The quantitative estimate of drug-likeness (QED) is 0.124. The summed E-state index contributed by atoms with van der Waals surface area (Å²) in [7, 11) is -2.96. The van der Waals surface area contributed by atoms with Crippen molar-refractivity contribution in [1.82, 2.24) is 4.57 Å². The van der Waals surface area contributed by atoms with Crippen molar-refractivity contribution in [2.75, 3.05) is 0 Å². The summed E-state index contributed by atoms with van der Waals surface area (Å²) >= 11 is 0. The Hall–Kier alpha value is -8.26. The normalized spacial score (nSPS) is 12.8. The van der Waals surface area contributed by atoms with Crippen molar-refractivity contribution < 1.29 is 18.3 Å². The topological polar surface area (TPSA) is 49.7 Å². The Kier molecular flexibility index (Phi) is 7.73. The van der Waals surface area contributed by atoms with E-state index in [9.17, 15) is 0 Å². The van der Waals surface area contributed by atoms with Crippen LogP contribution in [0, 0.1) is 0 Å². The SMILES string of the molecule is c1ccc([Si](c2ccccc2)(c2ccccc2)c2ccc(-n3c4ccccc4c4ccccc43)c(-c3cc4c5c(c3)Oc3oc6ccccc6c3B5c3c(oc5ccccc35)O4)c2)cc1. The second-order valence-electron chi connectivity index (χ2n) is 17.1. The van der Waals surface area contributed by atoms with Gasteiger partial charge in [-0.15, -0.1) is 0 Å². The highest BCUT2D eigenvalue weighted by molar-refractivity contribution is 7.20. The molecule has 2 aliphatic rings. The molecule has 9 aromatic carbocycles. The minimum absolute atomic E-state index is 0.244. The van der Waals surface area contributed by atoms with Crippen molar-refractivity contribution >= 4 is 95.7 Å². The van der Waals surface area contributed by atoms with Gasteiger partial charge in [0.05, 0.1) is 16.7 Å². The third kappa shape index (κ3) is 5.15. The first-order valence-electron chi connectivity index (χ1n) is 22.1. The second-order valence-corrected chi connectivity index (χ2v) is 20.9. The van der Waals surface area contributed by atoms with E-state index in [2.05, 4.69) is 199 Å². The Morgan fingerprint density at radius 1 is 0.369 bits per heavy atom. The molecule has 0 saturated carbocycles. The molecule has 7 heteroatoms. The van der Waals surface area contributed by atoms with E-state index in [1.807, 2.05) is 24.3 Å². The molecule has 0 amide bonds. The maximum atomic E-state index is 6.98. The van der Waals surface area contributed by atoms with Gasteiger partial charge in [0.2, 0.25) is 0 Å². The fourth-order valence-corrected chi connectivity index (χ4v) is 15.8. The van der Waals surface area contributed by atoms with Crippen molar-refractivity contribution in [2.45, 2.75) is 0 Å². The van der Waals surface area contributed by atoms with Gasteiger partial charge < -0.3 is 22.9 Å². The highest BCUT2D eigenvalue weighted by Crippen LogP contribution is 2.44. The number of nitrogens with zero attached hydrogens (tertiary/aromatic N) is 1. The van der Waals surface area contributed by atoms with Crippen LogP contribution in [0.3, 0.4) is 0 Å². The van der Waals surface area contributed by atoms with Crippen LogP contribution in [0.25, 0.3) is 60.6 Å². The third-order valence-electron chi connectivity index (χ3n) is 13.8. The molecule has 304 valence electrons. The van der Waals surface area contributed by atoms with Crippen LogP contribution in [0.15, 0.2) is 227 Å². The first kappa shape index (κ1) is 36.2. The predicted octanol–water partition coefficient (Wildman–Crippen LogP) is 10.0. The minimum atomic E-state index is -2.96. The lowest BCUT2D eigenvalue weighted by Crippen LogP contribution is -2.74. The molecule has 0 N–H and O–H groups in total. The number of furan rings is 2. The highest BCUT2D eigenvalue weighted by atomic mass is 28.3. The van der Waals surface area contributed by atoms with Crippen molar-refractivity contribution in [3.8, 4) is 40.2 Å². The van der Waals surface area contributed by atoms with E-state index >= 15 is 0 Å². The lowest BCUT2D eigenvalue weighted by atomic mass is 9.35. The summed E-state index contributed by atoms with van der Waals surface area (Å²) in [6.45, 7) is -0.244. The predicted molar refractivity (Wildman–Crippen MR) is 267 cm³/mol. The molecule has 0 aliphatic carbocycles. The Labute approximate surface area is 375 Å². The van der Waals surface area contributed by atoms with Gasteiger partial charge in [-0.1, -0.05) is 176 Å². The number of hydrogen-bond donors (Lipinski definition) is 0. The van der Waals surface area contributed by atoms with Crippen molar-refractivity contribution in [3.05, 3.63) is 218 Å². The van der Waals surface area contributed by atoms with Gasteiger partial charge in [-0.3, -0.25) is 0 Å². The van der Waals surface area contributed by atoms with E-state index in [0.29, 0.717) is 23.4 Å². The number of benzene rings is 9. The minimum Gasteiger partial charge on any atom is -0.427 e. The number of para-hydroxylation sites is 4. The van der Waals surface area contributed by atoms with Gasteiger partial charge in [0.25, 0.3) is 18.6 Å². The van der Waals surface area contributed by atoms with Crippen LogP contribution in [0.4, 0.5) is 0 Å². The van der Waals surface area contributed by atoms with E-state index in [1.54, 1.807) is 0 Å². The molecule has 0 spiro atoms. The molecule has 0 radical (unpaired) electrons. The van der Waals surface area contributed by atoms with Crippen molar-refractivity contribution in [3.63, 3.8) is 0 Å². The smallest absolute Gasteiger partial charge is 0.285 e. The van der Waals surface area contributed by atoms with Gasteiger partial charge in [0.15, 0.2) is 8.07 Å². The van der Waals surface area contributed by atoms with Crippen LogP contribution in [0.2, 0.25) is 0 Å². The number of ether oxygens (including phenoxy) is 2. The zero-order valence-corrected chi connectivity index (χ0v) is 35.9. The molecular formula is C58H36BNO4Si. The average Bonchev–Trinajstić information content (AvgIpc) is 4.04. The monoisotopic (exact) mass is 849 g/mol. The summed E-state index contributed by atoms with van der Waals surface area (Å²) in [6, 6.07) is 78.6. The van der Waals surface area contributed by atoms with Gasteiger partial charge in [-0.25, -0.2) is 0 Å². The van der Waals surface area contributed by atoms with E-state index in [4.69, 9.17) is 18.3 Å². The standard InChI is InChI=1S/C58H36BNO4Si/c1-4-18-38(19-5-1)65(39-20-6-2-7-21-39,40-22-8-3-9-23-40)41-32-33-49(60-47-28-14-10-24-42(47)43-25-11-15-29-48(43)60)46(36-41)37-34-52-56-53(35-37)64-58-55(45-27-13-17-31-51(45)62-58)59(56)54-44-26-12-16-30-50(44)61-57(54)63-52/h1-36H. The van der Waals surface area contributed by atoms with Gasteiger partial charge >= 0.3 is 0 Å². The molecule has 65 heavy (non-hydrogen) atoms. The van der Waals surface area contributed by atoms with Gasteiger partial charge in [-0.2, -0.15) is 0 Å². The first-order chi connectivity index (χ1) is 32.2. The molecule has 0 atom stereocenters. The van der Waals surface area contributed by atoms with E-state index in [-0.39, 0.29) is 6.71 Å². The van der Waals surface area contributed by atoms with Gasteiger partial charge in [-0.05, 0) is 68.8 Å². The molecule has 14 rings (SSSR count). The molecule has 3 aromatic heterocycles. The number of fused-ring (bicyclic) bond motifs is 11. The van der Waals surface area contributed by atoms with Crippen LogP contribution in [-0.4, -0.2) is 19.4 Å². The zero-order chi connectivity index (χ0) is 42.6. The largest absolute Gasteiger partial charge is 0.427 e. The molecule has 5 heterocycles. The Morgan fingerprint density at radius 2 is 0.800 bits per heavy atom. The Bertz CT molecular complexity index is 3600. The first-order valence-corrected chi connectivity index (χ1v) is 24.1. The van der Waals surface area contributed by atoms with Crippen LogP contribution in [0.1, 0.15) is 0 Å². The third-order valence-corrected chi connectivity index (χ3v) is 18.5. The summed E-state index contributed by atoms with van der Waals surface area (Å²) in [5.74, 6) is 2.37. The zero-order valence-electron chi connectivity index (χ0n) is 34.9. The summed E-state index contributed by atoms with van der Waals surface area (Å²) in [5, 5.41) is 9.59. The number of aromatic nitrogens is 1. The van der Waals surface area contributed by atoms with Crippen LogP contribution < -0.4 is 46.6 Å². The lowest BCUT2D eigenvalue weighted by Gasteiger charge is -2.35. The highest BCUT2D eigenvalue weighted by Gasteiger charge is 2.47. The van der Waals surface area contributed by atoms with Crippen LogP contribution in [-0.2, 0) is 0 Å². The van der Waals surface area contributed by atoms with E-state index in [0.717, 1.165) is 66.2 Å². The number of hydrogen-bond acceptors (Lipinski definition) is 4. The molecule has 0 fully saturated rings. The summed E-state index contributed by atoms with van der Waals surface area (Å²) in [5.41, 5.74) is 9.78. The van der Waals surface area contributed by atoms with Crippen LogP contribution >= 0.6 is 0 Å². The van der Waals surface area contributed by atoms with Gasteiger partial charge in [0, 0.05) is 43.5 Å². The van der Waals surface area contributed by atoms with Crippen molar-refractivity contribution in [1.29, 1.82) is 0 Å². The van der Waals surface area contributed by atoms with Crippen LogP contribution in [0.5, 0.6) is 23.4 Å². The summed E-state index contributed by atoms with van der Waals surface area (Å²) < 4.78 is 29.6. The fraction of sp³-hybridized carbons (Fsp3) is 0. The molecule has 0 saturated heterocycles. The van der Waals surface area contributed by atoms with E-state index < -0.39 is 8.07 Å². The maximum absolute atomic E-state index is 6.98. The summed E-state index contributed by atoms with van der Waals surface area (Å²) in [4.78, 5) is 0. The number of rotatable bonds is 6. The molecule has 0 unspecified atom stereocenters. The fourth-order valence-electron chi connectivity index (χ4n) is 11.1. The average molecular weight is 850 g/mol. The van der Waals surface area contributed by atoms with Crippen molar-refractivity contribution in [2.24, 2.45) is 0 Å². The summed E-state index contributed by atoms with van der Waals surface area (Å²) in [6.07, 6.45) is 0. The Morgan fingerprint density at radius 3 is 1.29 bits per heavy atom. The lowest BCUT2D eigenvalue weighted by molar-refractivity contribution is 0.351. The molecular weight excluding hydrogens is 814 g/mol.